The van der Waals surface area contributed by atoms with Crippen LogP contribution in [0.15, 0.2) is 24.3 Å². The van der Waals surface area contributed by atoms with E-state index in [1.807, 2.05) is 6.92 Å². The van der Waals surface area contributed by atoms with Gasteiger partial charge in [-0.25, -0.2) is 0 Å². The van der Waals surface area contributed by atoms with Crippen molar-refractivity contribution in [2.45, 2.75) is 25.9 Å². The molecule has 0 spiro atoms. The molecule has 1 aromatic carbocycles. The van der Waals surface area contributed by atoms with E-state index in [1.165, 1.54) is 12.1 Å². The maximum Gasteiger partial charge on any atom is 0.251 e. The number of hydrogen-bond acceptors (Lipinski definition) is 3. The lowest BCUT2D eigenvalue weighted by Crippen LogP contribution is -2.26. The predicted molar refractivity (Wildman–Crippen MR) is 61.4 cm³/mol. The van der Waals surface area contributed by atoms with Crippen molar-refractivity contribution in [3.05, 3.63) is 29.8 Å². The van der Waals surface area contributed by atoms with E-state index in [4.69, 9.17) is 5.11 Å². The third kappa shape index (κ3) is 3.90. The molecule has 0 bridgehead atoms. The molecule has 1 rings (SSSR count). The first-order chi connectivity index (χ1) is 7.63. The molecule has 4 heteroatoms. The van der Waals surface area contributed by atoms with Crippen LogP contribution in [0.25, 0.3) is 0 Å². The average Bonchev–Trinajstić information content (AvgIpc) is 2.29. The molecule has 0 radical (unpaired) electrons. The number of carbonyl (C=O) groups excluding carboxylic acids is 1. The Morgan fingerprint density at radius 2 is 2.00 bits per heavy atom. The summed E-state index contributed by atoms with van der Waals surface area (Å²) in [5.74, 6) is -0.0544. The fourth-order valence-corrected chi connectivity index (χ4v) is 1.27. The van der Waals surface area contributed by atoms with E-state index in [1.54, 1.807) is 12.1 Å². The second-order valence-electron chi connectivity index (χ2n) is 3.65. The van der Waals surface area contributed by atoms with Gasteiger partial charge < -0.3 is 15.5 Å². The predicted octanol–water partition coefficient (Wildman–Crippen LogP) is 1.28. The third-order valence-corrected chi connectivity index (χ3v) is 2.36. The van der Waals surface area contributed by atoms with Gasteiger partial charge in [0.25, 0.3) is 5.91 Å². The van der Waals surface area contributed by atoms with Gasteiger partial charge in [0, 0.05) is 12.1 Å². The van der Waals surface area contributed by atoms with Crippen LogP contribution < -0.4 is 5.32 Å². The van der Waals surface area contributed by atoms with Crippen LogP contribution in [0.3, 0.4) is 0 Å². The van der Waals surface area contributed by atoms with E-state index >= 15 is 0 Å². The first kappa shape index (κ1) is 12.5. The van der Waals surface area contributed by atoms with Gasteiger partial charge in [-0.05, 0) is 37.1 Å². The Hall–Kier alpha value is -1.55. The number of nitrogens with one attached hydrogen (secondary N) is 1. The molecule has 0 aliphatic carbocycles. The van der Waals surface area contributed by atoms with Gasteiger partial charge in [0.1, 0.15) is 5.75 Å². The molecule has 3 N–H and O–H groups in total. The number of hydrogen-bond donors (Lipinski definition) is 3. The fourth-order valence-electron chi connectivity index (χ4n) is 1.27. The van der Waals surface area contributed by atoms with E-state index in [-0.39, 0.29) is 17.8 Å². The summed E-state index contributed by atoms with van der Waals surface area (Å²) in [7, 11) is 0. The summed E-state index contributed by atoms with van der Waals surface area (Å²) >= 11 is 0. The minimum atomic E-state index is -0.361. The van der Waals surface area contributed by atoms with Crippen LogP contribution in [0.5, 0.6) is 5.75 Å². The Morgan fingerprint density at radius 1 is 1.38 bits per heavy atom. The van der Waals surface area contributed by atoms with Gasteiger partial charge >= 0.3 is 0 Å². The zero-order chi connectivity index (χ0) is 12.0. The molecular formula is C12H17NO3. The van der Waals surface area contributed by atoms with Gasteiger partial charge in [0.2, 0.25) is 0 Å². The first-order valence-corrected chi connectivity index (χ1v) is 5.38. The number of amides is 1. The van der Waals surface area contributed by atoms with E-state index in [2.05, 4.69) is 5.32 Å². The lowest BCUT2D eigenvalue weighted by Gasteiger charge is -2.08. The molecule has 0 aromatic heterocycles. The number of aliphatic hydroxyl groups excluding tert-OH is 1. The minimum absolute atomic E-state index is 0.137. The standard InChI is InChI=1S/C12H17NO3/c1-2-10(14)7-8-13-12(16)9-3-5-11(15)6-4-9/h3-6,10,14-15H,2,7-8H2,1H3,(H,13,16). The molecule has 0 aliphatic rings. The monoisotopic (exact) mass is 223 g/mol. The summed E-state index contributed by atoms with van der Waals surface area (Å²) in [6.07, 6.45) is 0.884. The molecule has 0 heterocycles. The second-order valence-corrected chi connectivity index (χ2v) is 3.65. The molecule has 0 saturated carbocycles. The van der Waals surface area contributed by atoms with Gasteiger partial charge in [-0.15, -0.1) is 0 Å². The number of rotatable bonds is 5. The molecule has 16 heavy (non-hydrogen) atoms. The van der Waals surface area contributed by atoms with Crippen LogP contribution >= 0.6 is 0 Å². The quantitative estimate of drug-likeness (QED) is 0.704. The van der Waals surface area contributed by atoms with Crippen LogP contribution in [-0.2, 0) is 0 Å². The van der Waals surface area contributed by atoms with Crippen molar-refractivity contribution in [3.8, 4) is 5.75 Å². The van der Waals surface area contributed by atoms with E-state index in [9.17, 15) is 9.90 Å². The van der Waals surface area contributed by atoms with Crippen molar-refractivity contribution in [2.75, 3.05) is 6.54 Å². The highest BCUT2D eigenvalue weighted by Crippen LogP contribution is 2.09. The molecule has 1 atom stereocenters. The van der Waals surface area contributed by atoms with Crippen LogP contribution in [-0.4, -0.2) is 28.8 Å². The Labute approximate surface area is 94.9 Å². The van der Waals surface area contributed by atoms with E-state index in [0.717, 1.165) is 0 Å². The lowest BCUT2D eigenvalue weighted by atomic mass is 10.2. The molecule has 1 unspecified atom stereocenters. The zero-order valence-electron chi connectivity index (χ0n) is 9.31. The van der Waals surface area contributed by atoms with Gasteiger partial charge in [0.05, 0.1) is 6.10 Å². The Morgan fingerprint density at radius 3 is 2.56 bits per heavy atom. The van der Waals surface area contributed by atoms with Crippen LogP contribution in [0, 0.1) is 0 Å². The van der Waals surface area contributed by atoms with E-state index in [0.29, 0.717) is 24.9 Å². The average molecular weight is 223 g/mol. The topological polar surface area (TPSA) is 69.6 Å². The number of benzene rings is 1. The smallest absolute Gasteiger partial charge is 0.251 e. The third-order valence-electron chi connectivity index (χ3n) is 2.36. The van der Waals surface area contributed by atoms with Crippen molar-refractivity contribution < 1.29 is 15.0 Å². The highest BCUT2D eigenvalue weighted by molar-refractivity contribution is 5.94. The zero-order valence-corrected chi connectivity index (χ0v) is 9.31. The summed E-state index contributed by atoms with van der Waals surface area (Å²) in [6.45, 7) is 2.35. The van der Waals surface area contributed by atoms with Crippen molar-refractivity contribution in [2.24, 2.45) is 0 Å². The highest BCUT2D eigenvalue weighted by Gasteiger charge is 2.06. The number of aromatic hydroxyl groups is 1. The van der Waals surface area contributed by atoms with Crippen molar-refractivity contribution in [1.82, 2.24) is 5.32 Å². The summed E-state index contributed by atoms with van der Waals surface area (Å²) < 4.78 is 0. The van der Waals surface area contributed by atoms with Gasteiger partial charge in [-0.2, -0.15) is 0 Å². The molecular weight excluding hydrogens is 206 g/mol. The molecule has 88 valence electrons. The van der Waals surface area contributed by atoms with Crippen LogP contribution in [0.1, 0.15) is 30.1 Å². The molecule has 0 aliphatic heterocycles. The summed E-state index contributed by atoms with van der Waals surface area (Å²) in [5.41, 5.74) is 0.504. The molecule has 4 nitrogen and oxygen atoms in total. The first-order valence-electron chi connectivity index (χ1n) is 5.38. The maximum atomic E-state index is 11.6. The molecule has 1 aromatic rings. The van der Waals surface area contributed by atoms with Crippen molar-refractivity contribution >= 4 is 5.91 Å². The van der Waals surface area contributed by atoms with Crippen LogP contribution in [0.4, 0.5) is 0 Å². The normalized spacial score (nSPS) is 12.1. The second kappa shape index (κ2) is 6.12. The van der Waals surface area contributed by atoms with E-state index < -0.39 is 0 Å². The molecule has 0 saturated heterocycles. The summed E-state index contributed by atoms with van der Waals surface area (Å²) in [6, 6.07) is 6.05. The molecule has 1 amide bonds. The largest absolute Gasteiger partial charge is 0.508 e. The SMILES string of the molecule is CCC(O)CCNC(=O)c1ccc(O)cc1. The maximum absolute atomic E-state index is 11.6. The number of phenols is 1. The van der Waals surface area contributed by atoms with Gasteiger partial charge in [0.15, 0.2) is 0 Å². The summed E-state index contributed by atoms with van der Waals surface area (Å²) in [4.78, 5) is 11.6. The Bertz CT molecular complexity index is 335. The van der Waals surface area contributed by atoms with Crippen LogP contribution in [0.2, 0.25) is 0 Å². The lowest BCUT2D eigenvalue weighted by molar-refractivity contribution is 0.0942. The fraction of sp³-hybridized carbons (Fsp3) is 0.417. The minimum Gasteiger partial charge on any atom is -0.508 e. The van der Waals surface area contributed by atoms with Gasteiger partial charge in [-0.1, -0.05) is 6.92 Å². The highest BCUT2D eigenvalue weighted by atomic mass is 16.3. The van der Waals surface area contributed by atoms with Crippen molar-refractivity contribution in [1.29, 1.82) is 0 Å². The van der Waals surface area contributed by atoms with Crippen molar-refractivity contribution in [3.63, 3.8) is 0 Å². The molecule has 0 fully saturated rings. The summed E-state index contributed by atoms with van der Waals surface area (Å²) in [5, 5.41) is 21.1. The van der Waals surface area contributed by atoms with Gasteiger partial charge in [-0.3, -0.25) is 4.79 Å². The Balaban J connectivity index is 2.38. The number of carbonyl (C=O) groups is 1. The number of phenolic OH excluding ortho intramolecular Hbond substituents is 1. The Kier molecular flexibility index (Phi) is 4.79. The number of aliphatic hydroxyl groups is 1.